The smallest absolute Gasteiger partial charge is 0.170 e. The van der Waals surface area contributed by atoms with Crippen LogP contribution in [0.2, 0.25) is 0 Å². The molecule has 4 heteroatoms. The van der Waals surface area contributed by atoms with Crippen LogP contribution < -0.4 is 4.74 Å². The molecule has 1 aromatic rings. The summed E-state index contributed by atoms with van der Waals surface area (Å²) in [6.45, 7) is 7.83. The van der Waals surface area contributed by atoms with E-state index in [1.807, 2.05) is 27.7 Å². The quantitative estimate of drug-likeness (QED) is 0.769. The summed E-state index contributed by atoms with van der Waals surface area (Å²) in [7, 11) is 3.24. The molecule has 0 aliphatic rings. The highest BCUT2D eigenvalue weighted by Gasteiger charge is 2.34. The van der Waals surface area contributed by atoms with E-state index in [4.69, 9.17) is 9.47 Å². The summed E-state index contributed by atoms with van der Waals surface area (Å²) in [5, 5.41) is 0. The number of hydrogen-bond acceptors (Lipinski definition) is 4. The van der Waals surface area contributed by atoms with Crippen molar-refractivity contribution in [1.82, 2.24) is 4.98 Å². The zero-order valence-electron chi connectivity index (χ0n) is 13.4. The molecule has 1 rings (SSSR count). The third-order valence-electron chi connectivity index (χ3n) is 4.12. The van der Waals surface area contributed by atoms with Crippen LogP contribution in [-0.4, -0.2) is 30.6 Å². The average Bonchev–Trinajstić information content (AvgIpc) is 2.45. The van der Waals surface area contributed by atoms with Crippen molar-refractivity contribution in [3.8, 4) is 5.75 Å². The number of aryl methyl sites for hydroxylation is 1. The molecule has 1 aromatic heterocycles. The molecule has 0 unspecified atom stereocenters. The highest BCUT2D eigenvalue weighted by Crippen LogP contribution is 2.27. The van der Waals surface area contributed by atoms with Gasteiger partial charge < -0.3 is 9.47 Å². The minimum Gasteiger partial charge on any atom is -0.496 e. The summed E-state index contributed by atoms with van der Waals surface area (Å²) in [6, 6.07) is 0. The summed E-state index contributed by atoms with van der Waals surface area (Å²) in [4.78, 5) is 16.9. The summed E-state index contributed by atoms with van der Waals surface area (Å²) in [6.07, 6.45) is 3.36. The Hall–Kier alpha value is -1.42. The van der Waals surface area contributed by atoms with Crippen LogP contribution in [-0.2, 0) is 16.0 Å². The molecule has 1 heterocycles. The van der Waals surface area contributed by atoms with Crippen LogP contribution in [0.3, 0.4) is 0 Å². The van der Waals surface area contributed by atoms with Gasteiger partial charge in [0, 0.05) is 24.4 Å². The predicted molar refractivity (Wildman–Crippen MR) is 79.3 cm³/mol. The molecule has 0 bridgehead atoms. The zero-order valence-corrected chi connectivity index (χ0v) is 13.4. The fraction of sp³-hybridized carbons (Fsp3) is 0.625. The van der Waals surface area contributed by atoms with E-state index in [0.29, 0.717) is 12.8 Å². The van der Waals surface area contributed by atoms with Gasteiger partial charge >= 0.3 is 0 Å². The number of pyridine rings is 1. The summed E-state index contributed by atoms with van der Waals surface area (Å²) >= 11 is 0. The Balaban J connectivity index is 3.08. The van der Waals surface area contributed by atoms with Crippen LogP contribution in [0.5, 0.6) is 5.75 Å². The first-order valence-electron chi connectivity index (χ1n) is 7.03. The number of Topliss-reactive ketones (excluding diaryl/α,β-unsaturated/α-hetero) is 1. The van der Waals surface area contributed by atoms with Gasteiger partial charge in [-0.1, -0.05) is 13.8 Å². The van der Waals surface area contributed by atoms with E-state index in [0.717, 1.165) is 22.6 Å². The van der Waals surface area contributed by atoms with Gasteiger partial charge in [-0.3, -0.25) is 9.78 Å². The number of rotatable bonds is 7. The molecule has 0 amide bonds. The number of hydrogen-bond donors (Lipinski definition) is 0. The van der Waals surface area contributed by atoms with E-state index in [1.54, 1.807) is 20.4 Å². The molecule has 112 valence electrons. The number of aromatic nitrogens is 1. The average molecular weight is 279 g/mol. The lowest BCUT2D eigenvalue weighted by molar-refractivity contribution is -0.141. The highest BCUT2D eigenvalue weighted by molar-refractivity contribution is 5.89. The lowest BCUT2D eigenvalue weighted by Crippen LogP contribution is -2.40. The highest BCUT2D eigenvalue weighted by atomic mass is 16.5. The van der Waals surface area contributed by atoms with Crippen molar-refractivity contribution in [2.24, 2.45) is 0 Å². The zero-order chi connectivity index (χ0) is 15.3. The van der Waals surface area contributed by atoms with Crippen molar-refractivity contribution in [2.45, 2.75) is 52.6 Å². The Morgan fingerprint density at radius 3 is 2.30 bits per heavy atom. The Morgan fingerprint density at radius 1 is 1.25 bits per heavy atom. The Morgan fingerprint density at radius 2 is 1.85 bits per heavy atom. The predicted octanol–water partition coefficient (Wildman–Crippen LogP) is 3.02. The van der Waals surface area contributed by atoms with E-state index in [-0.39, 0.29) is 12.2 Å². The number of carbonyl (C=O) groups is 1. The second-order valence-corrected chi connectivity index (χ2v) is 5.05. The molecule has 0 radical (unpaired) electrons. The van der Waals surface area contributed by atoms with Gasteiger partial charge in [0.05, 0.1) is 19.2 Å². The fourth-order valence-corrected chi connectivity index (χ4v) is 2.61. The molecular weight excluding hydrogens is 254 g/mol. The van der Waals surface area contributed by atoms with E-state index in [2.05, 4.69) is 4.98 Å². The first kappa shape index (κ1) is 16.6. The van der Waals surface area contributed by atoms with Crippen molar-refractivity contribution in [3.63, 3.8) is 0 Å². The third-order valence-corrected chi connectivity index (χ3v) is 4.12. The molecule has 0 atom stereocenters. The second-order valence-electron chi connectivity index (χ2n) is 5.05. The number of ether oxygens (including phenoxy) is 2. The maximum Gasteiger partial charge on any atom is 0.170 e. The largest absolute Gasteiger partial charge is 0.496 e. The molecule has 0 aliphatic heterocycles. The molecular formula is C16H25NO3. The van der Waals surface area contributed by atoms with Crippen molar-refractivity contribution >= 4 is 5.78 Å². The Bertz CT molecular complexity index is 471. The van der Waals surface area contributed by atoms with Crippen molar-refractivity contribution in [1.29, 1.82) is 0 Å². The van der Waals surface area contributed by atoms with Crippen LogP contribution in [0.25, 0.3) is 0 Å². The van der Waals surface area contributed by atoms with E-state index in [9.17, 15) is 4.79 Å². The minimum atomic E-state index is -0.702. The van der Waals surface area contributed by atoms with Crippen molar-refractivity contribution in [2.75, 3.05) is 14.2 Å². The van der Waals surface area contributed by atoms with Gasteiger partial charge in [0.15, 0.2) is 5.78 Å². The summed E-state index contributed by atoms with van der Waals surface area (Å²) in [5.41, 5.74) is 1.97. The summed E-state index contributed by atoms with van der Waals surface area (Å²) < 4.78 is 10.9. The first-order chi connectivity index (χ1) is 9.45. The second kappa shape index (κ2) is 6.84. The van der Waals surface area contributed by atoms with Gasteiger partial charge in [-0.25, -0.2) is 0 Å². The van der Waals surface area contributed by atoms with Crippen LogP contribution in [0.4, 0.5) is 0 Å². The van der Waals surface area contributed by atoms with Gasteiger partial charge in [0.25, 0.3) is 0 Å². The summed E-state index contributed by atoms with van der Waals surface area (Å²) in [5.74, 6) is 0.880. The van der Waals surface area contributed by atoms with Gasteiger partial charge in [-0.15, -0.1) is 0 Å². The van der Waals surface area contributed by atoms with Crippen LogP contribution >= 0.6 is 0 Å². The Labute approximate surface area is 121 Å². The normalized spacial score (nSPS) is 11.5. The van der Waals surface area contributed by atoms with Crippen LogP contribution in [0.15, 0.2) is 6.20 Å². The molecule has 0 saturated carbocycles. The number of ketones is 1. The van der Waals surface area contributed by atoms with Crippen LogP contribution in [0.1, 0.15) is 43.5 Å². The minimum absolute atomic E-state index is 0.0755. The first-order valence-corrected chi connectivity index (χ1v) is 7.03. The van der Waals surface area contributed by atoms with Crippen molar-refractivity contribution < 1.29 is 14.3 Å². The van der Waals surface area contributed by atoms with Crippen molar-refractivity contribution in [3.05, 3.63) is 23.0 Å². The molecule has 0 saturated heterocycles. The molecule has 4 nitrogen and oxygen atoms in total. The lowest BCUT2D eigenvalue weighted by Gasteiger charge is -2.28. The number of carbonyl (C=O) groups excluding carboxylic acids is 1. The number of nitrogens with zero attached hydrogens (tertiary/aromatic N) is 1. The van der Waals surface area contributed by atoms with Gasteiger partial charge in [-0.05, 0) is 26.7 Å². The van der Waals surface area contributed by atoms with Gasteiger partial charge in [0.2, 0.25) is 0 Å². The third kappa shape index (κ3) is 3.01. The van der Waals surface area contributed by atoms with E-state index < -0.39 is 5.60 Å². The fourth-order valence-electron chi connectivity index (χ4n) is 2.61. The van der Waals surface area contributed by atoms with E-state index >= 15 is 0 Å². The number of methoxy groups -OCH3 is 2. The molecule has 0 spiro atoms. The maximum atomic E-state index is 12.6. The monoisotopic (exact) mass is 279 g/mol. The Kier molecular flexibility index (Phi) is 5.69. The van der Waals surface area contributed by atoms with E-state index in [1.165, 1.54) is 0 Å². The SMILES string of the molecule is CCC(CC)(OC)C(=O)Cc1ncc(C)c(OC)c1C. The molecule has 0 N–H and O–H groups in total. The molecule has 20 heavy (non-hydrogen) atoms. The van der Waals surface area contributed by atoms with Gasteiger partial charge in [-0.2, -0.15) is 0 Å². The van der Waals surface area contributed by atoms with Gasteiger partial charge in [0.1, 0.15) is 11.4 Å². The molecule has 0 aromatic carbocycles. The topological polar surface area (TPSA) is 48.4 Å². The maximum absolute atomic E-state index is 12.6. The molecule has 0 fully saturated rings. The molecule has 0 aliphatic carbocycles. The standard InChI is InChI=1S/C16H25NO3/c1-7-16(8-2,20-6)14(18)9-13-12(4)15(19-5)11(3)10-17-13/h10H,7-9H2,1-6H3. The van der Waals surface area contributed by atoms with Crippen LogP contribution in [0, 0.1) is 13.8 Å². The lowest BCUT2D eigenvalue weighted by atomic mass is 9.88.